The van der Waals surface area contributed by atoms with Crippen molar-refractivity contribution in [3.63, 3.8) is 0 Å². The minimum Gasteiger partial charge on any atom is -0.480 e. The first-order chi connectivity index (χ1) is 18.5. The van der Waals surface area contributed by atoms with E-state index in [1.165, 1.54) is 0 Å². The van der Waals surface area contributed by atoms with Gasteiger partial charge in [-0.25, -0.2) is 4.79 Å². The van der Waals surface area contributed by atoms with E-state index < -0.39 is 47.9 Å². The lowest BCUT2D eigenvalue weighted by atomic mass is 9.96. The van der Waals surface area contributed by atoms with E-state index in [2.05, 4.69) is 20.9 Å². The topological polar surface area (TPSA) is 192 Å². The number of carbonyl (C=O) groups excluding carboxylic acids is 3. The van der Waals surface area contributed by atoms with Gasteiger partial charge in [0.2, 0.25) is 17.7 Å². The number of H-pyrrole nitrogens is 1. The summed E-state index contributed by atoms with van der Waals surface area (Å²) < 4.78 is 0. The van der Waals surface area contributed by atoms with E-state index in [1.807, 2.05) is 45.0 Å². The zero-order valence-corrected chi connectivity index (χ0v) is 23.3. The molecule has 0 aliphatic heterocycles. The van der Waals surface area contributed by atoms with Crippen molar-refractivity contribution in [2.24, 2.45) is 23.3 Å². The Bertz CT molecular complexity index is 1120. The average molecular weight is 545 g/mol. The second-order valence-corrected chi connectivity index (χ2v) is 10.5. The lowest BCUT2D eigenvalue weighted by Gasteiger charge is -2.28. The van der Waals surface area contributed by atoms with Crippen LogP contribution in [0.1, 0.15) is 58.9 Å². The molecule has 0 radical (unpaired) electrons. The number of carboxylic acids is 1. The molecular formula is C28H44N6O5. The molecule has 9 N–H and O–H groups in total. The van der Waals surface area contributed by atoms with Gasteiger partial charge in [-0.3, -0.25) is 14.4 Å². The van der Waals surface area contributed by atoms with Crippen LogP contribution in [0.3, 0.4) is 0 Å². The van der Waals surface area contributed by atoms with E-state index in [4.69, 9.17) is 11.5 Å². The summed E-state index contributed by atoms with van der Waals surface area (Å²) in [5, 5.41) is 18.6. The van der Waals surface area contributed by atoms with Gasteiger partial charge < -0.3 is 37.5 Å². The monoisotopic (exact) mass is 544 g/mol. The van der Waals surface area contributed by atoms with E-state index in [1.54, 1.807) is 13.1 Å². The third-order valence-corrected chi connectivity index (χ3v) is 7.11. The van der Waals surface area contributed by atoms with Crippen molar-refractivity contribution in [1.29, 1.82) is 0 Å². The molecule has 11 heteroatoms. The van der Waals surface area contributed by atoms with E-state index in [0.717, 1.165) is 16.5 Å². The van der Waals surface area contributed by atoms with E-state index in [9.17, 15) is 24.3 Å². The molecule has 0 saturated heterocycles. The molecule has 3 amide bonds. The Labute approximate surface area is 229 Å². The van der Waals surface area contributed by atoms with Gasteiger partial charge in [0.15, 0.2) is 0 Å². The molecule has 1 aromatic heterocycles. The number of aromatic nitrogens is 1. The van der Waals surface area contributed by atoms with E-state index in [0.29, 0.717) is 25.8 Å². The Morgan fingerprint density at radius 1 is 0.949 bits per heavy atom. The lowest BCUT2D eigenvalue weighted by molar-refractivity contribution is -0.143. The first-order valence-corrected chi connectivity index (χ1v) is 13.6. The second kappa shape index (κ2) is 15.2. The standard InChI is InChI=1S/C28H44N6O5/c1-5-17(4)24(27(37)32-21(28(38)39)12-8-9-13-29)34-25(35)22(33-26(36)23(30)16(2)3)14-18-15-31-20-11-7-6-10-19(18)20/h6-7,10-11,15-17,21-24,31H,5,8-9,12-14,29-30H2,1-4H3,(H,32,37)(H,33,36)(H,34,35)(H,38,39). The summed E-state index contributed by atoms with van der Waals surface area (Å²) in [6, 6.07) is 3.69. The van der Waals surface area contributed by atoms with Crippen molar-refractivity contribution in [3.8, 4) is 0 Å². The minimum absolute atomic E-state index is 0.146. The van der Waals surface area contributed by atoms with Gasteiger partial charge in [0.05, 0.1) is 6.04 Å². The highest BCUT2D eigenvalue weighted by atomic mass is 16.4. The molecule has 1 aromatic carbocycles. The molecule has 0 aliphatic carbocycles. The van der Waals surface area contributed by atoms with Crippen molar-refractivity contribution < 1.29 is 24.3 Å². The van der Waals surface area contributed by atoms with E-state index in [-0.39, 0.29) is 24.7 Å². The van der Waals surface area contributed by atoms with Gasteiger partial charge in [0, 0.05) is 23.5 Å². The number of hydrogen-bond acceptors (Lipinski definition) is 6. The molecule has 0 aliphatic rings. The van der Waals surface area contributed by atoms with Gasteiger partial charge in [0.1, 0.15) is 18.1 Å². The molecule has 11 nitrogen and oxygen atoms in total. The highest BCUT2D eigenvalue weighted by molar-refractivity contribution is 5.95. The summed E-state index contributed by atoms with van der Waals surface area (Å²) in [5.74, 6) is -3.21. The van der Waals surface area contributed by atoms with Crippen LogP contribution in [0.4, 0.5) is 0 Å². The molecule has 2 aromatic rings. The van der Waals surface area contributed by atoms with Gasteiger partial charge in [-0.15, -0.1) is 0 Å². The van der Waals surface area contributed by atoms with Gasteiger partial charge in [-0.2, -0.15) is 0 Å². The third-order valence-electron chi connectivity index (χ3n) is 7.11. The van der Waals surface area contributed by atoms with Crippen molar-refractivity contribution in [2.75, 3.05) is 6.54 Å². The van der Waals surface area contributed by atoms with Crippen LogP contribution in [0.2, 0.25) is 0 Å². The molecule has 0 bridgehead atoms. The van der Waals surface area contributed by atoms with Gasteiger partial charge in [-0.1, -0.05) is 52.3 Å². The predicted molar refractivity (Wildman–Crippen MR) is 151 cm³/mol. The first-order valence-electron chi connectivity index (χ1n) is 13.6. The van der Waals surface area contributed by atoms with Crippen LogP contribution >= 0.6 is 0 Å². The Hall–Kier alpha value is -3.44. The number of carbonyl (C=O) groups is 4. The number of aliphatic carboxylic acids is 1. The van der Waals surface area contributed by atoms with Crippen molar-refractivity contribution in [1.82, 2.24) is 20.9 Å². The number of hydrogen-bond donors (Lipinski definition) is 7. The molecule has 1 heterocycles. The van der Waals surface area contributed by atoms with Crippen LogP contribution < -0.4 is 27.4 Å². The Morgan fingerprint density at radius 2 is 1.62 bits per heavy atom. The largest absolute Gasteiger partial charge is 0.480 e. The summed E-state index contributed by atoms with van der Waals surface area (Å²) in [5.41, 5.74) is 13.3. The highest BCUT2D eigenvalue weighted by Crippen LogP contribution is 2.20. The maximum absolute atomic E-state index is 13.6. The number of rotatable bonds is 16. The first kappa shape index (κ1) is 31.8. The van der Waals surface area contributed by atoms with Crippen LogP contribution in [0.5, 0.6) is 0 Å². The Kier molecular flexibility index (Phi) is 12.4. The maximum atomic E-state index is 13.6. The van der Waals surface area contributed by atoms with Crippen LogP contribution in [0.15, 0.2) is 30.5 Å². The zero-order valence-electron chi connectivity index (χ0n) is 23.3. The molecule has 39 heavy (non-hydrogen) atoms. The van der Waals surface area contributed by atoms with Crippen LogP contribution in [-0.4, -0.2) is 64.5 Å². The maximum Gasteiger partial charge on any atom is 0.326 e. The minimum atomic E-state index is -1.15. The summed E-state index contributed by atoms with van der Waals surface area (Å²) in [4.78, 5) is 54.6. The SMILES string of the molecule is CCC(C)C(NC(=O)C(Cc1c[nH]c2ccccc12)NC(=O)C(N)C(C)C)C(=O)NC(CCCCN)C(=O)O. The number of nitrogens with two attached hydrogens (primary N) is 2. The summed E-state index contributed by atoms with van der Waals surface area (Å²) in [6.45, 7) is 7.73. The molecule has 5 unspecified atom stereocenters. The number of nitrogens with one attached hydrogen (secondary N) is 4. The smallest absolute Gasteiger partial charge is 0.326 e. The number of unbranched alkanes of at least 4 members (excludes halogenated alkanes) is 1. The van der Waals surface area contributed by atoms with Crippen molar-refractivity contribution in [3.05, 3.63) is 36.0 Å². The molecule has 5 atom stereocenters. The fourth-order valence-electron chi connectivity index (χ4n) is 4.27. The average Bonchev–Trinajstić information content (AvgIpc) is 3.32. The molecule has 0 fully saturated rings. The lowest BCUT2D eigenvalue weighted by Crippen LogP contribution is -2.59. The van der Waals surface area contributed by atoms with E-state index >= 15 is 0 Å². The molecule has 2 rings (SSSR count). The number of amides is 3. The third kappa shape index (κ3) is 9.07. The van der Waals surface area contributed by atoms with Crippen LogP contribution in [-0.2, 0) is 25.6 Å². The molecular weight excluding hydrogens is 500 g/mol. The quantitative estimate of drug-likeness (QED) is 0.155. The fraction of sp³-hybridized carbons (Fsp3) is 0.571. The Balaban J connectivity index is 2.29. The number of para-hydroxylation sites is 1. The fourth-order valence-corrected chi connectivity index (χ4v) is 4.27. The zero-order chi connectivity index (χ0) is 29.1. The van der Waals surface area contributed by atoms with Crippen molar-refractivity contribution >= 4 is 34.6 Å². The van der Waals surface area contributed by atoms with Gasteiger partial charge >= 0.3 is 5.97 Å². The summed E-state index contributed by atoms with van der Waals surface area (Å²) >= 11 is 0. The number of fused-ring (bicyclic) bond motifs is 1. The Morgan fingerprint density at radius 3 is 2.23 bits per heavy atom. The summed E-state index contributed by atoms with van der Waals surface area (Å²) in [6.07, 6.45) is 3.92. The number of benzene rings is 1. The predicted octanol–water partition coefficient (Wildman–Crippen LogP) is 1.41. The molecule has 216 valence electrons. The van der Waals surface area contributed by atoms with Crippen LogP contribution in [0.25, 0.3) is 10.9 Å². The highest BCUT2D eigenvalue weighted by Gasteiger charge is 2.33. The van der Waals surface area contributed by atoms with Gasteiger partial charge in [0.25, 0.3) is 0 Å². The normalized spacial score (nSPS) is 15.3. The summed E-state index contributed by atoms with van der Waals surface area (Å²) in [7, 11) is 0. The van der Waals surface area contributed by atoms with Crippen LogP contribution in [0, 0.1) is 11.8 Å². The molecule has 0 spiro atoms. The number of aromatic amines is 1. The second-order valence-electron chi connectivity index (χ2n) is 10.5. The number of carboxylic acid groups (broad SMARTS) is 1. The van der Waals surface area contributed by atoms with Gasteiger partial charge in [-0.05, 0) is 49.3 Å². The van der Waals surface area contributed by atoms with Crippen molar-refractivity contribution in [2.45, 2.75) is 84.0 Å². The molecule has 0 saturated carbocycles.